The number of guanidine groups is 1. The highest BCUT2D eigenvalue weighted by molar-refractivity contribution is 5.78. The summed E-state index contributed by atoms with van der Waals surface area (Å²) in [7, 11) is 0. The van der Waals surface area contributed by atoms with E-state index < -0.39 is 0 Å². The zero-order valence-electron chi connectivity index (χ0n) is 14.4. The monoisotopic (exact) mass is 302 g/mol. The summed E-state index contributed by atoms with van der Waals surface area (Å²) in [5, 5.41) is 3.18. The molecule has 0 bridgehead atoms. The van der Waals surface area contributed by atoms with E-state index in [1.165, 1.54) is 37.2 Å². The average molecular weight is 302 g/mol. The molecule has 1 saturated heterocycles. The van der Waals surface area contributed by atoms with Crippen molar-refractivity contribution in [3.8, 4) is 0 Å². The maximum atomic E-state index is 5.90. The number of hydrogen-bond acceptors (Lipinski definition) is 2. The third kappa shape index (κ3) is 5.24. The topological polar surface area (TPSA) is 53.6 Å². The number of benzene rings is 1. The molecule has 3 N–H and O–H groups in total. The van der Waals surface area contributed by atoms with Crippen molar-refractivity contribution in [2.24, 2.45) is 16.6 Å². The molecule has 0 spiro atoms. The number of nitrogens with one attached hydrogen (secondary N) is 1. The van der Waals surface area contributed by atoms with Crippen molar-refractivity contribution in [2.75, 3.05) is 18.0 Å². The standard InChI is InChI=1S/C18H30N4/c1-14-9-11-22(12-10-14)16-7-5-15(6-8-16)13-20-17(19)21-18(2,3)4/h5-8,14H,9-13H2,1-4H3,(H3,19,20,21). The van der Waals surface area contributed by atoms with Crippen molar-refractivity contribution in [3.05, 3.63) is 29.8 Å². The summed E-state index contributed by atoms with van der Waals surface area (Å²) >= 11 is 0. The molecule has 2 rings (SSSR count). The Hall–Kier alpha value is -1.71. The first-order valence-corrected chi connectivity index (χ1v) is 8.25. The summed E-state index contributed by atoms with van der Waals surface area (Å²) in [6.07, 6.45) is 2.59. The first-order valence-electron chi connectivity index (χ1n) is 8.25. The third-order valence-corrected chi connectivity index (χ3v) is 4.02. The highest BCUT2D eigenvalue weighted by Crippen LogP contribution is 2.23. The van der Waals surface area contributed by atoms with Crippen LogP contribution in [0.4, 0.5) is 5.69 Å². The van der Waals surface area contributed by atoms with Gasteiger partial charge in [0.1, 0.15) is 0 Å². The summed E-state index contributed by atoms with van der Waals surface area (Å²) in [6.45, 7) is 11.5. The molecule has 0 saturated carbocycles. The molecular weight excluding hydrogens is 272 g/mol. The van der Waals surface area contributed by atoms with Crippen molar-refractivity contribution in [2.45, 2.75) is 52.6 Å². The fourth-order valence-corrected chi connectivity index (χ4v) is 2.68. The van der Waals surface area contributed by atoms with Crippen LogP contribution in [0.2, 0.25) is 0 Å². The van der Waals surface area contributed by atoms with E-state index in [2.05, 4.69) is 67.2 Å². The lowest BCUT2D eigenvalue weighted by atomic mass is 9.99. The second kappa shape index (κ2) is 7.03. The highest BCUT2D eigenvalue weighted by atomic mass is 15.1. The quantitative estimate of drug-likeness (QED) is 0.666. The van der Waals surface area contributed by atoms with E-state index in [-0.39, 0.29) is 5.54 Å². The molecule has 4 nitrogen and oxygen atoms in total. The van der Waals surface area contributed by atoms with E-state index >= 15 is 0 Å². The van der Waals surface area contributed by atoms with Crippen molar-refractivity contribution >= 4 is 11.6 Å². The molecule has 0 radical (unpaired) electrons. The van der Waals surface area contributed by atoms with E-state index in [4.69, 9.17) is 5.73 Å². The number of nitrogens with two attached hydrogens (primary N) is 1. The van der Waals surface area contributed by atoms with Gasteiger partial charge in [-0.15, -0.1) is 0 Å². The van der Waals surface area contributed by atoms with Crippen LogP contribution in [0.15, 0.2) is 29.3 Å². The highest BCUT2D eigenvalue weighted by Gasteiger charge is 2.15. The number of piperidine rings is 1. The second-order valence-corrected chi connectivity index (χ2v) is 7.41. The van der Waals surface area contributed by atoms with E-state index in [0.717, 1.165) is 5.92 Å². The molecule has 1 aromatic rings. The molecule has 1 heterocycles. The summed E-state index contributed by atoms with van der Waals surface area (Å²) < 4.78 is 0. The SMILES string of the molecule is CC1CCN(c2ccc(CN=C(N)NC(C)(C)C)cc2)CC1. The fourth-order valence-electron chi connectivity index (χ4n) is 2.68. The Bertz CT molecular complexity index is 491. The molecular formula is C18H30N4. The van der Waals surface area contributed by atoms with Crippen LogP contribution in [-0.4, -0.2) is 24.6 Å². The molecule has 4 heteroatoms. The summed E-state index contributed by atoms with van der Waals surface area (Å²) in [5.74, 6) is 1.37. The predicted octanol–water partition coefficient (Wildman–Crippen LogP) is 3.13. The lowest BCUT2D eigenvalue weighted by molar-refractivity contribution is 0.438. The van der Waals surface area contributed by atoms with Gasteiger partial charge in [-0.05, 0) is 57.2 Å². The molecule has 0 aliphatic carbocycles. The Balaban J connectivity index is 1.90. The lowest BCUT2D eigenvalue weighted by Gasteiger charge is -2.32. The Morgan fingerprint density at radius 3 is 2.36 bits per heavy atom. The molecule has 0 amide bonds. The van der Waals surface area contributed by atoms with Crippen LogP contribution in [0, 0.1) is 5.92 Å². The third-order valence-electron chi connectivity index (χ3n) is 4.02. The van der Waals surface area contributed by atoms with Gasteiger partial charge in [0.15, 0.2) is 5.96 Å². The van der Waals surface area contributed by atoms with Gasteiger partial charge in [0.05, 0.1) is 6.54 Å². The molecule has 0 unspecified atom stereocenters. The van der Waals surface area contributed by atoms with Crippen LogP contribution in [0.5, 0.6) is 0 Å². The van der Waals surface area contributed by atoms with Crippen molar-refractivity contribution in [1.82, 2.24) is 5.32 Å². The van der Waals surface area contributed by atoms with Gasteiger partial charge in [-0.3, -0.25) is 0 Å². The Morgan fingerprint density at radius 2 is 1.82 bits per heavy atom. The summed E-state index contributed by atoms with van der Waals surface area (Å²) in [4.78, 5) is 6.88. The van der Waals surface area contributed by atoms with Crippen LogP contribution >= 0.6 is 0 Å². The average Bonchev–Trinajstić information content (AvgIpc) is 2.45. The number of hydrogen-bond donors (Lipinski definition) is 2. The summed E-state index contributed by atoms with van der Waals surface area (Å²) in [6, 6.07) is 8.71. The second-order valence-electron chi connectivity index (χ2n) is 7.41. The molecule has 0 aromatic heterocycles. The predicted molar refractivity (Wildman–Crippen MR) is 95.3 cm³/mol. The minimum absolute atomic E-state index is 0.0527. The molecule has 1 fully saturated rings. The number of nitrogens with zero attached hydrogens (tertiary/aromatic N) is 2. The molecule has 122 valence electrons. The maximum Gasteiger partial charge on any atom is 0.189 e. The molecule has 1 aromatic carbocycles. The van der Waals surface area contributed by atoms with Crippen molar-refractivity contribution in [3.63, 3.8) is 0 Å². The normalized spacial score (nSPS) is 17.6. The fraction of sp³-hybridized carbons (Fsp3) is 0.611. The van der Waals surface area contributed by atoms with E-state index in [9.17, 15) is 0 Å². The first kappa shape index (κ1) is 16.7. The lowest BCUT2D eigenvalue weighted by Crippen LogP contribution is -2.44. The van der Waals surface area contributed by atoms with Crippen LogP contribution in [-0.2, 0) is 6.54 Å². The number of aliphatic imine (C=N–C) groups is 1. The minimum atomic E-state index is -0.0527. The van der Waals surface area contributed by atoms with Crippen LogP contribution < -0.4 is 16.0 Å². The van der Waals surface area contributed by atoms with E-state index in [1.54, 1.807) is 0 Å². The van der Waals surface area contributed by atoms with Gasteiger partial charge in [0, 0.05) is 24.3 Å². The van der Waals surface area contributed by atoms with Gasteiger partial charge in [0.25, 0.3) is 0 Å². The van der Waals surface area contributed by atoms with Gasteiger partial charge in [0.2, 0.25) is 0 Å². The largest absolute Gasteiger partial charge is 0.372 e. The van der Waals surface area contributed by atoms with Gasteiger partial charge in [-0.2, -0.15) is 0 Å². The number of anilines is 1. The van der Waals surface area contributed by atoms with E-state index in [1.807, 2.05) is 0 Å². The van der Waals surface area contributed by atoms with Gasteiger partial charge >= 0.3 is 0 Å². The number of rotatable bonds is 3. The molecule has 22 heavy (non-hydrogen) atoms. The van der Waals surface area contributed by atoms with Crippen LogP contribution in [0.3, 0.4) is 0 Å². The zero-order valence-corrected chi connectivity index (χ0v) is 14.4. The molecule has 0 atom stereocenters. The smallest absolute Gasteiger partial charge is 0.189 e. The Morgan fingerprint density at radius 1 is 1.23 bits per heavy atom. The van der Waals surface area contributed by atoms with Crippen molar-refractivity contribution < 1.29 is 0 Å². The van der Waals surface area contributed by atoms with E-state index in [0.29, 0.717) is 12.5 Å². The van der Waals surface area contributed by atoms with Gasteiger partial charge in [-0.1, -0.05) is 19.1 Å². The van der Waals surface area contributed by atoms with Crippen LogP contribution in [0.25, 0.3) is 0 Å². The molecule has 1 aliphatic rings. The Labute approximate surface area is 134 Å². The Kier molecular flexibility index (Phi) is 5.33. The zero-order chi connectivity index (χ0) is 16.2. The minimum Gasteiger partial charge on any atom is -0.372 e. The van der Waals surface area contributed by atoms with Gasteiger partial charge < -0.3 is 16.0 Å². The molecule has 1 aliphatic heterocycles. The first-order chi connectivity index (χ1) is 10.3. The maximum absolute atomic E-state index is 5.90. The van der Waals surface area contributed by atoms with Crippen LogP contribution in [0.1, 0.15) is 46.1 Å². The summed E-state index contributed by atoms with van der Waals surface area (Å²) in [5.41, 5.74) is 8.35. The van der Waals surface area contributed by atoms with Gasteiger partial charge in [-0.25, -0.2) is 4.99 Å². The van der Waals surface area contributed by atoms with Crippen molar-refractivity contribution in [1.29, 1.82) is 0 Å².